The van der Waals surface area contributed by atoms with Gasteiger partial charge in [-0.15, -0.1) is 65.7 Å². The molecule has 5 aromatic rings. The van der Waals surface area contributed by atoms with Crippen LogP contribution in [0.1, 0.15) is 5.56 Å². The molecule has 0 saturated carbocycles. The molecule has 0 aliphatic heterocycles. The topological polar surface area (TPSA) is 49.6 Å². The molecule has 1 radical (unpaired) electrons. The van der Waals surface area contributed by atoms with Gasteiger partial charge in [0.1, 0.15) is 0 Å². The van der Waals surface area contributed by atoms with E-state index < -0.39 is 0 Å². The van der Waals surface area contributed by atoms with Crippen molar-refractivity contribution in [3.63, 3.8) is 0 Å². The molecule has 0 fully saturated rings. The summed E-state index contributed by atoms with van der Waals surface area (Å²) < 4.78 is 0. The van der Waals surface area contributed by atoms with Crippen molar-refractivity contribution in [2.75, 3.05) is 0 Å². The zero-order chi connectivity index (χ0) is 22.0. The normalized spacial score (nSPS) is 9.55. The molecule has 0 aliphatic carbocycles. The van der Waals surface area contributed by atoms with Gasteiger partial charge in [-0.3, -0.25) is 0 Å². The van der Waals surface area contributed by atoms with Crippen LogP contribution in [0, 0.1) is 23.5 Å². The van der Waals surface area contributed by atoms with Crippen LogP contribution in [-0.2, 0) is 20.1 Å². The Bertz CT molecular complexity index is 1240. The van der Waals surface area contributed by atoms with Gasteiger partial charge in [0.15, 0.2) is 0 Å². The predicted molar refractivity (Wildman–Crippen MR) is 127 cm³/mol. The molecule has 33 heavy (non-hydrogen) atoms. The summed E-state index contributed by atoms with van der Waals surface area (Å²) in [5.41, 5.74) is 6.60. The van der Waals surface area contributed by atoms with Gasteiger partial charge in [-0.05, 0) is 34.1 Å². The Hall–Kier alpha value is -3.90. The number of aromatic nitrogens is 2. The van der Waals surface area contributed by atoms with E-state index in [4.69, 9.17) is 5.26 Å². The van der Waals surface area contributed by atoms with E-state index in [1.807, 2.05) is 85.1 Å². The number of pyridine rings is 2. The van der Waals surface area contributed by atoms with E-state index in [1.54, 1.807) is 18.3 Å². The van der Waals surface area contributed by atoms with E-state index in [1.165, 1.54) is 0 Å². The largest absolute Gasteiger partial charge is 0.305 e. The Morgan fingerprint density at radius 3 is 2.00 bits per heavy atom. The fourth-order valence-corrected chi connectivity index (χ4v) is 3.08. The molecule has 0 unspecified atom stereocenters. The van der Waals surface area contributed by atoms with Gasteiger partial charge in [-0.25, -0.2) is 5.26 Å². The number of nitrogens with zero attached hydrogens (tertiary/aromatic N) is 3. The van der Waals surface area contributed by atoms with Crippen molar-refractivity contribution < 1.29 is 20.1 Å². The monoisotopic (exact) mass is 602 g/mol. The van der Waals surface area contributed by atoms with Crippen molar-refractivity contribution in [3.05, 3.63) is 133 Å². The van der Waals surface area contributed by atoms with Crippen LogP contribution in [0.2, 0.25) is 0 Å². The van der Waals surface area contributed by atoms with Crippen LogP contribution in [0.3, 0.4) is 0 Å². The maximum Gasteiger partial charge on any atom is 0.0476 e. The molecule has 3 nitrogen and oxygen atoms in total. The van der Waals surface area contributed by atoms with Crippen molar-refractivity contribution >= 4 is 0 Å². The van der Waals surface area contributed by atoms with Gasteiger partial charge in [-0.1, -0.05) is 54.6 Å². The Morgan fingerprint density at radius 1 is 0.636 bits per heavy atom. The van der Waals surface area contributed by atoms with Gasteiger partial charge in [0.05, 0.1) is 0 Å². The van der Waals surface area contributed by atoms with Gasteiger partial charge in [0.2, 0.25) is 0 Å². The second-order valence-electron chi connectivity index (χ2n) is 6.89. The van der Waals surface area contributed by atoms with Crippen molar-refractivity contribution in [2.24, 2.45) is 0 Å². The van der Waals surface area contributed by atoms with Crippen molar-refractivity contribution in [1.82, 2.24) is 9.97 Å². The van der Waals surface area contributed by atoms with Gasteiger partial charge >= 0.3 is 0 Å². The van der Waals surface area contributed by atoms with Crippen molar-refractivity contribution in [3.8, 4) is 39.7 Å². The first kappa shape index (κ1) is 23.8. The van der Waals surface area contributed by atoms with E-state index in [0.29, 0.717) is 5.56 Å². The molecule has 5 rings (SSSR count). The molecule has 2 heterocycles. The Morgan fingerprint density at radius 2 is 1.39 bits per heavy atom. The molecule has 0 atom stereocenters. The zero-order valence-electron chi connectivity index (χ0n) is 17.6. The van der Waals surface area contributed by atoms with Gasteiger partial charge in [0.25, 0.3) is 0 Å². The van der Waals surface area contributed by atoms with Crippen LogP contribution in [0.25, 0.3) is 33.6 Å². The Balaban J connectivity index is 0.000000202. The van der Waals surface area contributed by atoms with Crippen LogP contribution in [0.15, 0.2) is 116 Å². The number of hydrogen-bond donors (Lipinski definition) is 0. The fraction of sp³-hybridized carbons (Fsp3) is 0. The van der Waals surface area contributed by atoms with Crippen LogP contribution in [0.5, 0.6) is 0 Å². The molecular weight excluding hydrogens is 583 g/mol. The molecule has 4 heteroatoms. The first-order valence-corrected chi connectivity index (χ1v) is 10.2. The molecule has 3 aromatic carbocycles. The van der Waals surface area contributed by atoms with Crippen molar-refractivity contribution in [1.29, 1.82) is 5.26 Å². The van der Waals surface area contributed by atoms with Gasteiger partial charge in [-0.2, -0.15) is 0 Å². The minimum absolute atomic E-state index is 0. The van der Waals surface area contributed by atoms with Crippen molar-refractivity contribution in [2.45, 2.75) is 0 Å². The summed E-state index contributed by atoms with van der Waals surface area (Å²) in [6, 6.07) is 41.5. The van der Waals surface area contributed by atoms with E-state index in [9.17, 15) is 0 Å². The maximum absolute atomic E-state index is 8.78. The number of hydrogen-bond acceptors (Lipinski definition) is 3. The van der Waals surface area contributed by atoms with Crippen LogP contribution in [0.4, 0.5) is 0 Å². The van der Waals surface area contributed by atoms with E-state index in [0.717, 1.165) is 33.6 Å². The standard InChI is InChI=1S/C18H11N2.C11H8N.Ir/c19-12-14-6-8-16(9-7-14)18-11-10-17(13-20-18)15-4-2-1-3-5-15;1-2-6-10(7-3-1)11-8-4-5-9-12-11;/h1-8,10-11,13H;1-6,8-9H;/q2*-1;. The van der Waals surface area contributed by atoms with Crippen LogP contribution < -0.4 is 0 Å². The van der Waals surface area contributed by atoms with E-state index in [-0.39, 0.29) is 20.1 Å². The third kappa shape index (κ3) is 6.54. The summed E-state index contributed by atoms with van der Waals surface area (Å²) in [6.45, 7) is 0. The quantitative estimate of drug-likeness (QED) is 0.218. The maximum atomic E-state index is 8.78. The summed E-state index contributed by atoms with van der Waals surface area (Å²) in [6.07, 6.45) is 3.65. The number of benzene rings is 3. The fourth-order valence-electron chi connectivity index (χ4n) is 3.08. The Labute approximate surface area is 207 Å². The number of nitriles is 1. The molecule has 0 aliphatic rings. The summed E-state index contributed by atoms with van der Waals surface area (Å²) in [4.78, 5) is 8.68. The number of rotatable bonds is 3. The SMILES string of the molecule is N#Cc1c[c-]c(-c2ccc(-c3ccccc3)cn2)cc1.[Ir].[c-]1ccccc1-c1ccccn1. The molecule has 0 saturated heterocycles. The second kappa shape index (κ2) is 12.2. The smallest absolute Gasteiger partial charge is 0.0476 e. The summed E-state index contributed by atoms with van der Waals surface area (Å²) in [5, 5.41) is 8.78. The van der Waals surface area contributed by atoms with E-state index >= 15 is 0 Å². The minimum atomic E-state index is 0. The third-order valence-electron chi connectivity index (χ3n) is 4.74. The second-order valence-corrected chi connectivity index (χ2v) is 6.89. The molecule has 161 valence electrons. The molecule has 0 bridgehead atoms. The molecular formula is C29H19IrN3-2. The first-order valence-electron chi connectivity index (χ1n) is 10.2. The Kier molecular flexibility index (Phi) is 8.79. The molecule has 0 amide bonds. The minimum Gasteiger partial charge on any atom is -0.305 e. The molecule has 2 aromatic heterocycles. The average molecular weight is 602 g/mol. The third-order valence-corrected chi connectivity index (χ3v) is 4.74. The summed E-state index contributed by atoms with van der Waals surface area (Å²) in [7, 11) is 0. The van der Waals surface area contributed by atoms with Gasteiger partial charge < -0.3 is 9.97 Å². The van der Waals surface area contributed by atoms with E-state index in [2.05, 4.69) is 40.3 Å². The predicted octanol–water partition coefficient (Wildman–Crippen LogP) is 6.63. The first-order chi connectivity index (χ1) is 15.8. The van der Waals surface area contributed by atoms with Crippen LogP contribution in [-0.4, -0.2) is 9.97 Å². The summed E-state index contributed by atoms with van der Waals surface area (Å²) in [5.74, 6) is 0. The average Bonchev–Trinajstić information content (AvgIpc) is 2.91. The van der Waals surface area contributed by atoms with Gasteiger partial charge in [0, 0.05) is 38.6 Å². The molecule has 0 spiro atoms. The van der Waals surface area contributed by atoms with Crippen LogP contribution >= 0.6 is 0 Å². The molecule has 0 N–H and O–H groups in total. The summed E-state index contributed by atoms with van der Waals surface area (Å²) >= 11 is 0. The zero-order valence-corrected chi connectivity index (χ0v) is 20.0.